The van der Waals surface area contributed by atoms with E-state index in [-0.39, 0.29) is 17.8 Å². The number of ether oxygens (including phenoxy) is 1. The molecule has 0 amide bonds. The highest BCUT2D eigenvalue weighted by atomic mass is 16.5. The quantitative estimate of drug-likeness (QED) is 0.676. The molecule has 26 heavy (non-hydrogen) atoms. The Balaban J connectivity index is 1.91. The predicted octanol–water partition coefficient (Wildman–Crippen LogP) is 0.319. The highest BCUT2D eigenvalue weighted by molar-refractivity contribution is 5.86. The highest BCUT2D eigenvalue weighted by Gasteiger charge is 2.24. The molecule has 0 spiro atoms. The Kier molecular flexibility index (Phi) is 4.12. The van der Waals surface area contributed by atoms with Crippen LogP contribution in [0.3, 0.4) is 0 Å². The Morgan fingerprint density at radius 1 is 1.04 bits per heavy atom. The molecule has 0 N–H and O–H groups in total. The van der Waals surface area contributed by atoms with Gasteiger partial charge in [-0.1, -0.05) is 30.3 Å². The molecule has 0 bridgehead atoms. The van der Waals surface area contributed by atoms with E-state index in [9.17, 15) is 9.59 Å². The normalized spacial score (nSPS) is 14.9. The van der Waals surface area contributed by atoms with Crippen LogP contribution in [0.25, 0.3) is 11.0 Å². The Morgan fingerprint density at radius 2 is 1.73 bits per heavy atom. The van der Waals surface area contributed by atoms with Crippen LogP contribution >= 0.6 is 0 Å². The van der Waals surface area contributed by atoms with Gasteiger partial charge in [-0.15, -0.1) is 0 Å². The molecule has 136 valence electrons. The molecule has 0 unspecified atom stereocenters. The lowest BCUT2D eigenvalue weighted by molar-refractivity contribution is 0.122. The van der Waals surface area contributed by atoms with Crippen molar-refractivity contribution in [3.63, 3.8) is 0 Å². The molecule has 0 aliphatic carbocycles. The van der Waals surface area contributed by atoms with Crippen molar-refractivity contribution in [2.24, 2.45) is 14.1 Å². The number of anilines is 1. The zero-order chi connectivity index (χ0) is 18.3. The van der Waals surface area contributed by atoms with Crippen LogP contribution in [0.2, 0.25) is 0 Å². The third kappa shape index (κ3) is 2.62. The average Bonchev–Trinajstić information content (AvgIpc) is 3.02. The summed E-state index contributed by atoms with van der Waals surface area (Å²) in [5.41, 5.74) is 1.26. The first-order chi connectivity index (χ1) is 12.6. The van der Waals surface area contributed by atoms with Crippen molar-refractivity contribution in [2.75, 3.05) is 31.2 Å². The van der Waals surface area contributed by atoms with Crippen molar-refractivity contribution in [1.82, 2.24) is 18.9 Å². The van der Waals surface area contributed by atoms with E-state index in [1.54, 1.807) is 18.8 Å². The second-order valence-corrected chi connectivity index (χ2v) is 6.46. The number of nitrogens with zero attached hydrogens (tertiary/aromatic N) is 5. The van der Waals surface area contributed by atoms with E-state index < -0.39 is 0 Å². The number of hydrogen-bond acceptors (Lipinski definition) is 5. The lowest BCUT2D eigenvalue weighted by Crippen LogP contribution is -2.40. The molecule has 2 aromatic heterocycles. The van der Waals surface area contributed by atoms with Gasteiger partial charge in [0.2, 0.25) is 0 Å². The second-order valence-electron chi connectivity index (χ2n) is 6.46. The van der Waals surface area contributed by atoms with Crippen molar-refractivity contribution in [2.45, 2.75) is 6.54 Å². The van der Waals surface area contributed by atoms with Crippen LogP contribution in [-0.2, 0) is 25.4 Å². The van der Waals surface area contributed by atoms with Crippen LogP contribution in [0.15, 0.2) is 39.9 Å². The first-order valence-electron chi connectivity index (χ1n) is 8.61. The molecule has 1 aliphatic rings. The molecule has 1 aromatic carbocycles. The van der Waals surface area contributed by atoms with Gasteiger partial charge in [-0.2, -0.15) is 5.10 Å². The Bertz CT molecular complexity index is 1060. The maximum atomic E-state index is 13.1. The summed E-state index contributed by atoms with van der Waals surface area (Å²) in [5.74, 6) is 0.661. The van der Waals surface area contributed by atoms with Crippen molar-refractivity contribution in [3.8, 4) is 0 Å². The number of rotatable bonds is 3. The molecule has 4 rings (SSSR count). The third-order valence-corrected chi connectivity index (χ3v) is 4.80. The van der Waals surface area contributed by atoms with Gasteiger partial charge >= 0.3 is 5.69 Å². The number of benzene rings is 1. The van der Waals surface area contributed by atoms with Crippen LogP contribution in [0.1, 0.15) is 5.56 Å². The van der Waals surface area contributed by atoms with Crippen LogP contribution in [0, 0.1) is 0 Å². The number of fused-ring (bicyclic) bond motifs is 1. The van der Waals surface area contributed by atoms with Gasteiger partial charge in [-0.25, -0.2) is 4.79 Å². The number of morpholine rings is 1. The molecule has 3 heterocycles. The molecule has 8 nitrogen and oxygen atoms in total. The average molecular weight is 355 g/mol. The molecule has 3 aromatic rings. The van der Waals surface area contributed by atoms with Crippen molar-refractivity contribution >= 4 is 16.9 Å². The maximum absolute atomic E-state index is 13.1. The van der Waals surface area contributed by atoms with E-state index >= 15 is 0 Å². The van der Waals surface area contributed by atoms with Gasteiger partial charge in [0.05, 0.1) is 19.8 Å². The summed E-state index contributed by atoms with van der Waals surface area (Å²) in [4.78, 5) is 28.0. The summed E-state index contributed by atoms with van der Waals surface area (Å²) >= 11 is 0. The monoisotopic (exact) mass is 355 g/mol. The highest BCUT2D eigenvalue weighted by Crippen LogP contribution is 2.23. The van der Waals surface area contributed by atoms with E-state index in [4.69, 9.17) is 4.74 Å². The lowest BCUT2D eigenvalue weighted by atomic mass is 10.2. The summed E-state index contributed by atoms with van der Waals surface area (Å²) in [6.07, 6.45) is 0. The molecule has 1 fully saturated rings. The van der Waals surface area contributed by atoms with Crippen LogP contribution in [0.4, 0.5) is 5.82 Å². The van der Waals surface area contributed by atoms with E-state index in [0.717, 1.165) is 5.56 Å². The van der Waals surface area contributed by atoms with Crippen LogP contribution < -0.4 is 16.1 Å². The fourth-order valence-corrected chi connectivity index (χ4v) is 3.43. The maximum Gasteiger partial charge on any atom is 0.331 e. The van der Waals surface area contributed by atoms with Gasteiger partial charge < -0.3 is 9.64 Å². The molecule has 1 aliphatic heterocycles. The zero-order valence-corrected chi connectivity index (χ0v) is 14.9. The third-order valence-electron chi connectivity index (χ3n) is 4.80. The van der Waals surface area contributed by atoms with Gasteiger partial charge in [-0.05, 0) is 5.56 Å². The molecule has 8 heteroatoms. The standard InChI is InChI=1S/C18H21N5O3/c1-20-14-15(21(2)19-16(14)22-8-10-26-11-9-22)17(24)23(18(20)25)12-13-6-4-3-5-7-13/h3-7H,8-12H2,1-2H3. The Morgan fingerprint density at radius 3 is 2.42 bits per heavy atom. The topological polar surface area (TPSA) is 74.3 Å². The summed E-state index contributed by atoms with van der Waals surface area (Å²) in [6.45, 7) is 2.83. The molecule has 0 saturated carbocycles. The smallest absolute Gasteiger partial charge is 0.331 e. The first-order valence-corrected chi connectivity index (χ1v) is 8.61. The van der Waals surface area contributed by atoms with Gasteiger partial charge in [-0.3, -0.25) is 18.6 Å². The van der Waals surface area contributed by atoms with Crippen molar-refractivity contribution in [1.29, 1.82) is 0 Å². The number of aryl methyl sites for hydroxylation is 2. The lowest BCUT2D eigenvalue weighted by Gasteiger charge is -2.27. The van der Waals surface area contributed by atoms with E-state index in [1.807, 2.05) is 30.3 Å². The molecule has 0 atom stereocenters. The van der Waals surface area contributed by atoms with E-state index in [2.05, 4.69) is 10.00 Å². The minimum Gasteiger partial charge on any atom is -0.378 e. The largest absolute Gasteiger partial charge is 0.378 e. The van der Waals surface area contributed by atoms with Gasteiger partial charge in [0.25, 0.3) is 5.56 Å². The molecular formula is C18H21N5O3. The predicted molar refractivity (Wildman–Crippen MR) is 98.8 cm³/mol. The number of aromatic nitrogens is 4. The van der Waals surface area contributed by atoms with Crippen LogP contribution in [0.5, 0.6) is 0 Å². The summed E-state index contributed by atoms with van der Waals surface area (Å²) in [7, 11) is 3.43. The van der Waals surface area contributed by atoms with Crippen LogP contribution in [-0.4, -0.2) is 45.2 Å². The first kappa shape index (κ1) is 16.6. The van der Waals surface area contributed by atoms with Gasteiger partial charge in [0, 0.05) is 27.2 Å². The molecule has 1 saturated heterocycles. The summed E-state index contributed by atoms with van der Waals surface area (Å²) in [5, 5.41) is 4.54. The molecule has 0 radical (unpaired) electrons. The summed E-state index contributed by atoms with van der Waals surface area (Å²) in [6, 6.07) is 9.49. The van der Waals surface area contributed by atoms with Gasteiger partial charge in [0.1, 0.15) is 5.52 Å². The fourth-order valence-electron chi connectivity index (χ4n) is 3.43. The van der Waals surface area contributed by atoms with Crippen molar-refractivity contribution in [3.05, 3.63) is 56.7 Å². The SMILES string of the molecule is Cn1nc(N2CCOCC2)c2c1c(=O)n(Cc1ccccc1)c(=O)n2C. The Hall–Kier alpha value is -2.87. The zero-order valence-electron chi connectivity index (χ0n) is 14.9. The Labute approximate surface area is 149 Å². The second kappa shape index (κ2) is 6.45. The van der Waals surface area contributed by atoms with Gasteiger partial charge in [0.15, 0.2) is 11.3 Å². The van der Waals surface area contributed by atoms with E-state index in [0.29, 0.717) is 43.2 Å². The fraction of sp³-hybridized carbons (Fsp3) is 0.389. The summed E-state index contributed by atoms with van der Waals surface area (Å²) < 4.78 is 9.76. The minimum absolute atomic E-state index is 0.236. The number of hydrogen-bond donors (Lipinski definition) is 0. The minimum atomic E-state index is -0.339. The molecular weight excluding hydrogens is 334 g/mol. The van der Waals surface area contributed by atoms with E-state index in [1.165, 1.54) is 9.13 Å². The van der Waals surface area contributed by atoms with Crippen molar-refractivity contribution < 1.29 is 4.74 Å².